The molecule has 0 aliphatic carbocycles. The van der Waals surface area contributed by atoms with Crippen LogP contribution in [0.15, 0.2) is 5.38 Å². The summed E-state index contributed by atoms with van der Waals surface area (Å²) >= 11 is 1.65. The van der Waals surface area contributed by atoms with Gasteiger partial charge in [0.05, 0.1) is 17.1 Å². The van der Waals surface area contributed by atoms with Crippen LogP contribution < -0.4 is 5.32 Å². The molecule has 2 heterocycles. The Kier molecular flexibility index (Phi) is 4.26. The molecule has 1 aromatic heterocycles. The van der Waals surface area contributed by atoms with Crippen molar-refractivity contribution >= 4 is 17.2 Å². The fourth-order valence-electron chi connectivity index (χ4n) is 2.19. The largest absolute Gasteiger partial charge is 0.341 e. The summed E-state index contributed by atoms with van der Waals surface area (Å²) in [5.74, 6) is 0.166. The second-order valence-electron chi connectivity index (χ2n) is 6.22. The van der Waals surface area contributed by atoms with E-state index in [9.17, 15) is 4.79 Å². The molecule has 1 aromatic rings. The van der Waals surface area contributed by atoms with E-state index in [1.54, 1.807) is 11.3 Å². The molecule has 0 saturated carbocycles. The Bertz CT molecular complexity index is 444. The molecule has 1 atom stereocenters. The zero-order valence-electron chi connectivity index (χ0n) is 12.2. The molecule has 1 fully saturated rings. The molecule has 0 radical (unpaired) electrons. The lowest BCUT2D eigenvalue weighted by molar-refractivity contribution is -0.130. The molecule has 1 saturated heterocycles. The van der Waals surface area contributed by atoms with Gasteiger partial charge in [-0.3, -0.25) is 4.79 Å². The number of likely N-dealkylation sites (N-methyl/N-ethyl adjacent to an activating group) is 1. The van der Waals surface area contributed by atoms with Crippen LogP contribution in [0.5, 0.6) is 0 Å². The molecule has 2 rings (SSSR count). The normalized spacial score (nSPS) is 19.7. The van der Waals surface area contributed by atoms with Crippen molar-refractivity contribution in [2.45, 2.75) is 45.1 Å². The predicted molar refractivity (Wildman–Crippen MR) is 78.6 cm³/mol. The zero-order chi connectivity index (χ0) is 14.0. The van der Waals surface area contributed by atoms with Gasteiger partial charge in [0, 0.05) is 30.4 Å². The number of carbonyl (C=O) groups excluding carboxylic acids is 1. The van der Waals surface area contributed by atoms with E-state index in [4.69, 9.17) is 0 Å². The van der Waals surface area contributed by atoms with Gasteiger partial charge in [-0.05, 0) is 13.0 Å². The Balaban J connectivity index is 1.96. The van der Waals surface area contributed by atoms with Crippen molar-refractivity contribution in [3.05, 3.63) is 16.1 Å². The summed E-state index contributed by atoms with van der Waals surface area (Å²) in [5, 5.41) is 6.40. The molecule has 5 heteroatoms. The van der Waals surface area contributed by atoms with Gasteiger partial charge in [-0.15, -0.1) is 11.3 Å². The van der Waals surface area contributed by atoms with Gasteiger partial charge in [0.15, 0.2) is 0 Å². The maximum atomic E-state index is 12.2. The minimum Gasteiger partial charge on any atom is -0.341 e. The number of carbonyl (C=O) groups is 1. The van der Waals surface area contributed by atoms with E-state index >= 15 is 0 Å². The molecule has 1 unspecified atom stereocenters. The van der Waals surface area contributed by atoms with E-state index in [0.717, 1.165) is 30.2 Å². The van der Waals surface area contributed by atoms with E-state index in [2.05, 4.69) is 31.1 Å². The van der Waals surface area contributed by atoms with Crippen LogP contribution in [0.2, 0.25) is 0 Å². The second-order valence-corrected chi connectivity index (χ2v) is 7.08. The summed E-state index contributed by atoms with van der Waals surface area (Å²) in [6.07, 6.45) is 1.46. The van der Waals surface area contributed by atoms with Gasteiger partial charge in [0.2, 0.25) is 5.91 Å². The predicted octanol–water partition coefficient (Wildman–Crippen LogP) is 1.80. The lowest BCUT2D eigenvalue weighted by atomic mass is 9.98. The van der Waals surface area contributed by atoms with Crippen molar-refractivity contribution in [2.24, 2.45) is 0 Å². The zero-order valence-corrected chi connectivity index (χ0v) is 13.0. The van der Waals surface area contributed by atoms with Crippen molar-refractivity contribution in [2.75, 3.05) is 20.1 Å². The number of hydrogen-bond donors (Lipinski definition) is 1. The Morgan fingerprint density at radius 1 is 1.58 bits per heavy atom. The van der Waals surface area contributed by atoms with E-state index < -0.39 is 0 Å². The number of aromatic nitrogens is 1. The van der Waals surface area contributed by atoms with Gasteiger partial charge in [-0.1, -0.05) is 20.8 Å². The summed E-state index contributed by atoms with van der Waals surface area (Å²) in [7, 11) is 1.90. The summed E-state index contributed by atoms with van der Waals surface area (Å²) < 4.78 is 0. The minimum absolute atomic E-state index is 0.0627. The van der Waals surface area contributed by atoms with Crippen molar-refractivity contribution in [3.8, 4) is 0 Å². The Morgan fingerprint density at radius 3 is 2.84 bits per heavy atom. The highest BCUT2D eigenvalue weighted by Crippen LogP contribution is 2.25. The molecule has 1 aliphatic rings. The standard InChI is InChI=1S/C14H23N3OS/c1-14(2,3)13-16-10(9-19-13)7-12(18)17(4)11-5-6-15-8-11/h9,11,15H,5-8H2,1-4H3. The highest BCUT2D eigenvalue weighted by Gasteiger charge is 2.24. The van der Waals surface area contributed by atoms with Crippen LogP contribution in [0.25, 0.3) is 0 Å². The van der Waals surface area contributed by atoms with Crippen LogP contribution >= 0.6 is 11.3 Å². The summed E-state index contributed by atoms with van der Waals surface area (Å²) in [6.45, 7) is 8.36. The fourth-order valence-corrected chi connectivity index (χ4v) is 3.09. The van der Waals surface area contributed by atoms with Gasteiger partial charge in [-0.2, -0.15) is 0 Å². The van der Waals surface area contributed by atoms with E-state index in [1.165, 1.54) is 0 Å². The quantitative estimate of drug-likeness (QED) is 0.919. The van der Waals surface area contributed by atoms with E-state index in [1.807, 2.05) is 17.3 Å². The molecule has 1 N–H and O–H groups in total. The number of nitrogens with one attached hydrogen (secondary N) is 1. The van der Waals surface area contributed by atoms with Gasteiger partial charge < -0.3 is 10.2 Å². The molecule has 0 bridgehead atoms. The molecular weight excluding hydrogens is 258 g/mol. The maximum Gasteiger partial charge on any atom is 0.228 e. The van der Waals surface area contributed by atoms with Crippen molar-refractivity contribution in [1.82, 2.24) is 15.2 Å². The Morgan fingerprint density at radius 2 is 2.32 bits per heavy atom. The number of rotatable bonds is 3. The average molecular weight is 281 g/mol. The first-order chi connectivity index (χ1) is 8.88. The minimum atomic E-state index is 0.0627. The van der Waals surface area contributed by atoms with Gasteiger partial charge >= 0.3 is 0 Å². The van der Waals surface area contributed by atoms with E-state index in [0.29, 0.717) is 12.5 Å². The lowest BCUT2D eigenvalue weighted by Gasteiger charge is -2.23. The molecular formula is C14H23N3OS. The molecule has 0 spiro atoms. The SMILES string of the molecule is CN(C(=O)Cc1csc(C(C)(C)C)n1)C1CCNC1. The molecule has 4 nitrogen and oxygen atoms in total. The number of nitrogens with zero attached hydrogens (tertiary/aromatic N) is 2. The third-order valence-electron chi connectivity index (χ3n) is 3.50. The first kappa shape index (κ1) is 14.5. The molecule has 19 heavy (non-hydrogen) atoms. The number of amides is 1. The van der Waals surface area contributed by atoms with Crippen LogP contribution in [0.1, 0.15) is 37.9 Å². The smallest absolute Gasteiger partial charge is 0.228 e. The topological polar surface area (TPSA) is 45.2 Å². The maximum absolute atomic E-state index is 12.2. The molecule has 1 amide bonds. The number of thiazole rings is 1. The van der Waals surface area contributed by atoms with Crippen molar-refractivity contribution < 1.29 is 4.79 Å². The monoisotopic (exact) mass is 281 g/mol. The van der Waals surface area contributed by atoms with Crippen LogP contribution in [-0.4, -0.2) is 42.0 Å². The Hall–Kier alpha value is -0.940. The first-order valence-corrected chi connectivity index (χ1v) is 7.67. The lowest BCUT2D eigenvalue weighted by Crippen LogP contribution is -2.39. The van der Waals surface area contributed by atoms with Crippen LogP contribution in [0, 0.1) is 0 Å². The number of hydrogen-bond acceptors (Lipinski definition) is 4. The molecule has 106 valence electrons. The average Bonchev–Trinajstić information content (AvgIpc) is 2.97. The van der Waals surface area contributed by atoms with Gasteiger partial charge in [-0.25, -0.2) is 4.98 Å². The Labute approximate surface area is 119 Å². The summed E-state index contributed by atoms with van der Waals surface area (Å²) in [5.41, 5.74) is 0.963. The summed E-state index contributed by atoms with van der Waals surface area (Å²) in [6, 6.07) is 0.341. The van der Waals surface area contributed by atoms with Crippen molar-refractivity contribution in [3.63, 3.8) is 0 Å². The van der Waals surface area contributed by atoms with Crippen LogP contribution in [0.4, 0.5) is 0 Å². The summed E-state index contributed by atoms with van der Waals surface area (Å²) in [4.78, 5) is 18.7. The van der Waals surface area contributed by atoms with Gasteiger partial charge in [0.25, 0.3) is 0 Å². The second kappa shape index (κ2) is 5.59. The third kappa shape index (κ3) is 3.54. The third-order valence-corrected chi connectivity index (χ3v) is 4.82. The molecule has 1 aliphatic heterocycles. The highest BCUT2D eigenvalue weighted by atomic mass is 32.1. The molecule has 0 aromatic carbocycles. The van der Waals surface area contributed by atoms with Crippen molar-refractivity contribution in [1.29, 1.82) is 0 Å². The van der Waals surface area contributed by atoms with E-state index in [-0.39, 0.29) is 11.3 Å². The van der Waals surface area contributed by atoms with Gasteiger partial charge in [0.1, 0.15) is 0 Å². The fraction of sp³-hybridized carbons (Fsp3) is 0.714. The first-order valence-electron chi connectivity index (χ1n) is 6.79. The van der Waals surface area contributed by atoms with Crippen LogP contribution in [0.3, 0.4) is 0 Å². The van der Waals surface area contributed by atoms with Crippen LogP contribution in [-0.2, 0) is 16.6 Å². The highest BCUT2D eigenvalue weighted by molar-refractivity contribution is 7.09.